The maximum absolute atomic E-state index is 13.0. The van der Waals surface area contributed by atoms with Gasteiger partial charge in [-0.25, -0.2) is 0 Å². The molecule has 0 N–H and O–H groups in total. The number of carbonyl (C=O) groups is 1. The van der Waals surface area contributed by atoms with Crippen LogP contribution in [0.1, 0.15) is 55.6 Å². The van der Waals surface area contributed by atoms with Gasteiger partial charge >= 0.3 is 0 Å². The van der Waals surface area contributed by atoms with Crippen LogP contribution in [0.15, 0.2) is 30.5 Å². The monoisotopic (exact) mass is 434 g/mol. The third kappa shape index (κ3) is 4.70. The number of aromatic nitrogens is 3. The quantitative estimate of drug-likeness (QED) is 0.551. The van der Waals surface area contributed by atoms with E-state index < -0.39 is 0 Å². The number of Topliss-reactive ketones (excluding diaryl/α,β-unsaturated/α-hetero) is 1. The molecule has 1 saturated carbocycles. The van der Waals surface area contributed by atoms with Gasteiger partial charge in [0.05, 0.1) is 0 Å². The van der Waals surface area contributed by atoms with Gasteiger partial charge in [-0.3, -0.25) is 9.78 Å². The van der Waals surface area contributed by atoms with Crippen LogP contribution in [0.2, 0.25) is 0 Å². The lowest BCUT2D eigenvalue weighted by molar-refractivity contribution is -0.123. The second-order valence-electron chi connectivity index (χ2n) is 9.11. The first-order chi connectivity index (χ1) is 15.2. The molecule has 0 atom stereocenters. The summed E-state index contributed by atoms with van der Waals surface area (Å²) in [7, 11) is 0. The zero-order valence-electron chi connectivity index (χ0n) is 18.2. The predicted octanol–water partition coefficient (Wildman–Crippen LogP) is 5.22. The van der Waals surface area contributed by atoms with Crippen LogP contribution in [0.3, 0.4) is 0 Å². The molecule has 0 bridgehead atoms. The summed E-state index contributed by atoms with van der Waals surface area (Å²) in [6.07, 6.45) is 11.2. The van der Waals surface area contributed by atoms with Gasteiger partial charge in [-0.05, 0) is 63.2 Å². The Morgan fingerprint density at radius 2 is 1.84 bits per heavy atom. The summed E-state index contributed by atoms with van der Waals surface area (Å²) in [6.45, 7) is 4.13. The van der Waals surface area contributed by atoms with E-state index in [2.05, 4.69) is 44.3 Å². The van der Waals surface area contributed by atoms with Crippen LogP contribution in [0, 0.1) is 12.8 Å². The third-order valence-electron chi connectivity index (χ3n) is 6.98. The molecule has 1 aromatic carbocycles. The number of pyridine rings is 1. The number of fused-ring (bicyclic) bond motifs is 1. The number of carbonyl (C=O) groups excluding carboxylic acids is 1. The molecule has 31 heavy (non-hydrogen) atoms. The standard InChI is InChI=1S/C25H30N4OS/c1-17-27-28-25(31-17)19-7-8-20-16-26-22(14-21(20)13-19)15-24(30)18-9-11-29(12-10-18)23-5-3-2-4-6-23/h7-8,13-14,16,18,23H,2-6,9-12,15H2,1H3. The van der Waals surface area contributed by atoms with Crippen LogP contribution in [0.5, 0.6) is 0 Å². The summed E-state index contributed by atoms with van der Waals surface area (Å²) in [5.41, 5.74) is 1.94. The minimum absolute atomic E-state index is 0.188. The Balaban J connectivity index is 1.24. The van der Waals surface area contributed by atoms with Crippen molar-refractivity contribution in [1.29, 1.82) is 0 Å². The molecular formula is C25H30N4OS. The molecule has 0 spiro atoms. The van der Waals surface area contributed by atoms with E-state index in [1.54, 1.807) is 11.3 Å². The zero-order chi connectivity index (χ0) is 21.2. The van der Waals surface area contributed by atoms with E-state index in [-0.39, 0.29) is 5.92 Å². The highest BCUT2D eigenvalue weighted by molar-refractivity contribution is 7.14. The molecule has 6 heteroatoms. The molecule has 1 aliphatic heterocycles. The summed E-state index contributed by atoms with van der Waals surface area (Å²) in [6, 6.07) is 9.10. The number of benzene rings is 1. The summed E-state index contributed by atoms with van der Waals surface area (Å²) < 4.78 is 0. The maximum Gasteiger partial charge on any atom is 0.147 e. The lowest BCUT2D eigenvalue weighted by Crippen LogP contribution is -2.43. The molecule has 5 rings (SSSR count). The van der Waals surface area contributed by atoms with Crippen molar-refractivity contribution in [3.05, 3.63) is 41.2 Å². The van der Waals surface area contributed by atoms with Crippen molar-refractivity contribution in [2.24, 2.45) is 5.92 Å². The Morgan fingerprint density at radius 1 is 1.03 bits per heavy atom. The van der Waals surface area contributed by atoms with E-state index in [0.29, 0.717) is 12.2 Å². The van der Waals surface area contributed by atoms with Crippen LogP contribution in [0.4, 0.5) is 0 Å². The van der Waals surface area contributed by atoms with Crippen molar-refractivity contribution in [3.63, 3.8) is 0 Å². The van der Waals surface area contributed by atoms with Gasteiger partial charge in [0.2, 0.25) is 0 Å². The molecular weight excluding hydrogens is 404 g/mol. The van der Waals surface area contributed by atoms with Gasteiger partial charge in [0.1, 0.15) is 15.8 Å². The molecule has 0 radical (unpaired) electrons. The molecule has 2 aromatic heterocycles. The average molecular weight is 435 g/mol. The Morgan fingerprint density at radius 3 is 2.58 bits per heavy atom. The molecule has 0 unspecified atom stereocenters. The summed E-state index contributed by atoms with van der Waals surface area (Å²) in [5.74, 6) is 0.541. The molecule has 3 heterocycles. The lowest BCUT2D eigenvalue weighted by Gasteiger charge is -2.39. The van der Waals surface area contributed by atoms with Crippen molar-refractivity contribution in [3.8, 4) is 10.6 Å². The van der Waals surface area contributed by atoms with E-state index in [9.17, 15) is 4.79 Å². The highest BCUT2D eigenvalue weighted by atomic mass is 32.1. The van der Waals surface area contributed by atoms with Crippen LogP contribution in [-0.2, 0) is 11.2 Å². The summed E-state index contributed by atoms with van der Waals surface area (Å²) in [4.78, 5) is 20.2. The molecule has 0 amide bonds. The van der Waals surface area contributed by atoms with Crippen molar-refractivity contribution in [2.45, 2.75) is 64.3 Å². The first-order valence-corrected chi connectivity index (χ1v) is 12.4. The molecule has 1 aliphatic carbocycles. The van der Waals surface area contributed by atoms with Crippen molar-refractivity contribution < 1.29 is 4.79 Å². The van der Waals surface area contributed by atoms with Gasteiger partial charge in [-0.15, -0.1) is 10.2 Å². The molecule has 2 fully saturated rings. The molecule has 2 aliphatic rings. The zero-order valence-corrected chi connectivity index (χ0v) is 19.0. The van der Waals surface area contributed by atoms with Gasteiger partial charge in [0.25, 0.3) is 0 Å². The molecule has 162 valence electrons. The fraction of sp³-hybridized carbons (Fsp3) is 0.520. The number of nitrogens with zero attached hydrogens (tertiary/aromatic N) is 4. The minimum Gasteiger partial charge on any atom is -0.300 e. The van der Waals surface area contributed by atoms with Gasteiger partial charge in [0.15, 0.2) is 0 Å². The van der Waals surface area contributed by atoms with Crippen molar-refractivity contribution in [2.75, 3.05) is 13.1 Å². The predicted molar refractivity (Wildman–Crippen MR) is 125 cm³/mol. The molecule has 1 saturated heterocycles. The minimum atomic E-state index is 0.188. The van der Waals surface area contributed by atoms with Gasteiger partial charge in [0, 0.05) is 41.2 Å². The van der Waals surface area contributed by atoms with Gasteiger partial charge < -0.3 is 4.90 Å². The number of aryl methyl sites for hydroxylation is 1. The Kier molecular flexibility index (Phi) is 6.10. The second kappa shape index (κ2) is 9.13. The number of piperidine rings is 1. The van der Waals surface area contributed by atoms with E-state index in [1.165, 1.54) is 32.1 Å². The van der Waals surface area contributed by atoms with Crippen LogP contribution in [0.25, 0.3) is 21.3 Å². The average Bonchev–Trinajstić information content (AvgIpc) is 3.25. The number of hydrogen-bond donors (Lipinski definition) is 0. The van der Waals surface area contributed by atoms with Crippen LogP contribution >= 0.6 is 11.3 Å². The lowest BCUT2D eigenvalue weighted by atomic mass is 9.87. The highest BCUT2D eigenvalue weighted by Crippen LogP contribution is 2.29. The first kappa shape index (κ1) is 20.7. The maximum atomic E-state index is 13.0. The van der Waals surface area contributed by atoms with Crippen LogP contribution < -0.4 is 0 Å². The topological polar surface area (TPSA) is 59.0 Å². The smallest absolute Gasteiger partial charge is 0.147 e. The largest absolute Gasteiger partial charge is 0.300 e. The second-order valence-corrected chi connectivity index (χ2v) is 10.3. The van der Waals surface area contributed by atoms with Gasteiger partial charge in [-0.2, -0.15) is 0 Å². The van der Waals surface area contributed by atoms with E-state index in [4.69, 9.17) is 0 Å². The Labute approximate surface area is 187 Å². The number of ketones is 1. The number of rotatable bonds is 5. The first-order valence-electron chi connectivity index (χ1n) is 11.6. The fourth-order valence-electron chi connectivity index (χ4n) is 5.19. The number of hydrogen-bond acceptors (Lipinski definition) is 6. The third-order valence-corrected chi connectivity index (χ3v) is 7.87. The normalized spacial score (nSPS) is 19.1. The summed E-state index contributed by atoms with van der Waals surface area (Å²) >= 11 is 1.60. The highest BCUT2D eigenvalue weighted by Gasteiger charge is 2.29. The Hall–Kier alpha value is -2.18. The molecule has 3 aromatic rings. The van der Waals surface area contributed by atoms with E-state index in [1.807, 2.05) is 13.1 Å². The number of likely N-dealkylation sites (tertiary alicyclic amines) is 1. The fourth-order valence-corrected chi connectivity index (χ4v) is 5.87. The van der Waals surface area contributed by atoms with Gasteiger partial charge in [-0.1, -0.05) is 42.7 Å². The molecule has 5 nitrogen and oxygen atoms in total. The van der Waals surface area contributed by atoms with Crippen LogP contribution in [-0.4, -0.2) is 45.0 Å². The summed E-state index contributed by atoms with van der Waals surface area (Å²) in [5, 5.41) is 12.5. The SMILES string of the molecule is Cc1nnc(-c2ccc3cnc(CC(=O)C4CCN(C5CCCCC5)CC4)cc3c2)s1. The van der Waals surface area contributed by atoms with E-state index in [0.717, 1.165) is 64.0 Å². The van der Waals surface area contributed by atoms with E-state index >= 15 is 0 Å². The van der Waals surface area contributed by atoms with Crippen molar-refractivity contribution >= 4 is 27.9 Å². The Bertz CT molecular complexity index is 1060. The van der Waals surface area contributed by atoms with Crippen molar-refractivity contribution in [1.82, 2.24) is 20.1 Å².